The summed E-state index contributed by atoms with van der Waals surface area (Å²) in [4.78, 5) is 0. The van der Waals surface area contributed by atoms with Gasteiger partial charge in [0, 0.05) is 0 Å². The van der Waals surface area contributed by atoms with Crippen molar-refractivity contribution in [3.05, 3.63) is 23.8 Å². The van der Waals surface area contributed by atoms with Crippen LogP contribution in [-0.4, -0.2) is 17.5 Å². The maximum Gasteiger partial charge on any atom is 0.586 e. The van der Waals surface area contributed by atoms with Crippen LogP contribution in [0.5, 0.6) is 11.5 Å². The summed E-state index contributed by atoms with van der Waals surface area (Å²) in [5.74, 6) is -0.134. The van der Waals surface area contributed by atoms with Gasteiger partial charge in [0.1, 0.15) is 0 Å². The lowest BCUT2D eigenvalue weighted by Crippen LogP contribution is -2.30. The first-order valence-electron chi connectivity index (χ1n) is 5.63. The molecule has 0 radical (unpaired) electrons. The molecule has 0 fully saturated rings. The Kier molecular flexibility index (Phi) is 3.16. The van der Waals surface area contributed by atoms with Crippen LogP contribution in [0.2, 0.25) is 0 Å². The standard InChI is InChI=1S/C12H15F2NO3/c1-6(2)11(16)10(15)7-3-4-8-9(5-7)18-12(13,14)17-8/h3-6,10-11,16H,15H2,1-2H3/t10-,11+/m0/s1. The van der Waals surface area contributed by atoms with Crippen LogP contribution in [0.15, 0.2) is 18.2 Å². The Bertz CT molecular complexity index is 451. The maximum atomic E-state index is 12.8. The number of aliphatic hydroxyl groups excluding tert-OH is 1. The van der Waals surface area contributed by atoms with Crippen molar-refractivity contribution in [2.75, 3.05) is 0 Å². The van der Waals surface area contributed by atoms with Gasteiger partial charge in [-0.25, -0.2) is 0 Å². The Labute approximate surface area is 103 Å². The van der Waals surface area contributed by atoms with E-state index in [1.54, 1.807) is 6.07 Å². The molecule has 0 aliphatic carbocycles. The van der Waals surface area contributed by atoms with Gasteiger partial charge in [-0.2, -0.15) is 0 Å². The summed E-state index contributed by atoms with van der Waals surface area (Å²) in [5, 5.41) is 9.85. The summed E-state index contributed by atoms with van der Waals surface area (Å²) in [6.45, 7) is 3.65. The third-order valence-electron chi connectivity index (χ3n) is 2.86. The van der Waals surface area contributed by atoms with E-state index < -0.39 is 18.4 Å². The fourth-order valence-corrected chi connectivity index (χ4v) is 1.78. The quantitative estimate of drug-likeness (QED) is 0.871. The first kappa shape index (κ1) is 13.0. The number of nitrogens with two attached hydrogens (primary N) is 1. The molecule has 6 heteroatoms. The molecule has 0 aromatic heterocycles. The minimum atomic E-state index is -3.64. The molecule has 4 nitrogen and oxygen atoms in total. The molecule has 0 saturated carbocycles. The van der Waals surface area contributed by atoms with E-state index in [1.165, 1.54) is 12.1 Å². The lowest BCUT2D eigenvalue weighted by molar-refractivity contribution is -0.286. The van der Waals surface area contributed by atoms with Crippen LogP contribution >= 0.6 is 0 Å². The fourth-order valence-electron chi connectivity index (χ4n) is 1.78. The topological polar surface area (TPSA) is 64.7 Å². The van der Waals surface area contributed by atoms with Crippen molar-refractivity contribution in [1.29, 1.82) is 0 Å². The van der Waals surface area contributed by atoms with Crippen LogP contribution in [0.3, 0.4) is 0 Å². The number of aliphatic hydroxyl groups is 1. The summed E-state index contributed by atoms with van der Waals surface area (Å²) in [5.41, 5.74) is 6.39. The van der Waals surface area contributed by atoms with Gasteiger partial charge < -0.3 is 20.3 Å². The molecule has 0 bridgehead atoms. The van der Waals surface area contributed by atoms with E-state index in [4.69, 9.17) is 5.73 Å². The molecule has 2 rings (SSSR count). The zero-order chi connectivity index (χ0) is 13.5. The van der Waals surface area contributed by atoms with Crippen molar-refractivity contribution in [1.82, 2.24) is 0 Å². The number of benzene rings is 1. The Morgan fingerprint density at radius 2 is 1.83 bits per heavy atom. The highest BCUT2D eigenvalue weighted by molar-refractivity contribution is 5.46. The van der Waals surface area contributed by atoms with Gasteiger partial charge in [0.2, 0.25) is 0 Å². The van der Waals surface area contributed by atoms with E-state index in [-0.39, 0.29) is 17.4 Å². The van der Waals surface area contributed by atoms with E-state index >= 15 is 0 Å². The maximum absolute atomic E-state index is 12.8. The second-order valence-electron chi connectivity index (χ2n) is 4.63. The first-order chi connectivity index (χ1) is 8.30. The lowest BCUT2D eigenvalue weighted by Gasteiger charge is -2.22. The number of ether oxygens (including phenoxy) is 2. The van der Waals surface area contributed by atoms with E-state index in [2.05, 4.69) is 9.47 Å². The van der Waals surface area contributed by atoms with Gasteiger partial charge >= 0.3 is 6.29 Å². The molecule has 0 saturated heterocycles. The molecular weight excluding hydrogens is 244 g/mol. The van der Waals surface area contributed by atoms with Gasteiger partial charge in [0.25, 0.3) is 0 Å². The minimum absolute atomic E-state index is 0.0324. The van der Waals surface area contributed by atoms with E-state index in [1.807, 2.05) is 13.8 Å². The third-order valence-corrected chi connectivity index (χ3v) is 2.86. The molecule has 1 heterocycles. The summed E-state index contributed by atoms with van der Waals surface area (Å²) >= 11 is 0. The smallest absolute Gasteiger partial charge is 0.395 e. The first-order valence-corrected chi connectivity index (χ1v) is 5.63. The molecule has 3 N–H and O–H groups in total. The lowest BCUT2D eigenvalue weighted by atomic mass is 9.94. The fraction of sp³-hybridized carbons (Fsp3) is 0.500. The third kappa shape index (κ3) is 2.39. The molecule has 1 aromatic rings. The Morgan fingerprint density at radius 1 is 1.22 bits per heavy atom. The highest BCUT2D eigenvalue weighted by atomic mass is 19.3. The van der Waals surface area contributed by atoms with Crippen LogP contribution in [0.4, 0.5) is 8.78 Å². The summed E-state index contributed by atoms with van der Waals surface area (Å²) in [7, 11) is 0. The summed E-state index contributed by atoms with van der Waals surface area (Å²) < 4.78 is 34.3. The molecule has 2 atom stereocenters. The number of fused-ring (bicyclic) bond motifs is 1. The van der Waals surface area contributed by atoms with Gasteiger partial charge in [-0.1, -0.05) is 19.9 Å². The number of hydrogen-bond acceptors (Lipinski definition) is 4. The van der Waals surface area contributed by atoms with Crippen LogP contribution in [0.25, 0.3) is 0 Å². The van der Waals surface area contributed by atoms with Crippen molar-refractivity contribution in [2.45, 2.75) is 32.3 Å². The molecule has 1 aliphatic heterocycles. The molecule has 100 valence electrons. The average Bonchev–Trinajstić information content (AvgIpc) is 2.59. The second kappa shape index (κ2) is 4.37. The molecular formula is C12H15F2NO3. The zero-order valence-electron chi connectivity index (χ0n) is 10.1. The van der Waals surface area contributed by atoms with E-state index in [9.17, 15) is 13.9 Å². The number of alkyl halides is 2. The minimum Gasteiger partial charge on any atom is -0.395 e. The SMILES string of the molecule is CC(C)[C@@H](O)[C@@H](N)c1ccc2c(c1)OC(F)(F)O2. The number of hydrogen-bond donors (Lipinski definition) is 2. The Morgan fingerprint density at radius 3 is 2.44 bits per heavy atom. The highest BCUT2D eigenvalue weighted by Crippen LogP contribution is 2.42. The summed E-state index contributed by atoms with van der Waals surface area (Å²) in [6, 6.07) is 3.61. The predicted octanol–water partition coefficient (Wildman–Crippen LogP) is 2.02. The molecule has 0 amide bonds. The molecule has 0 unspecified atom stereocenters. The normalized spacial score (nSPS) is 19.9. The molecule has 1 aromatic carbocycles. The molecule has 1 aliphatic rings. The van der Waals surface area contributed by atoms with Crippen molar-refractivity contribution in [2.24, 2.45) is 11.7 Å². The molecule has 18 heavy (non-hydrogen) atoms. The summed E-state index contributed by atoms with van der Waals surface area (Å²) in [6.07, 6.45) is -4.40. The predicted molar refractivity (Wildman–Crippen MR) is 60.4 cm³/mol. The number of rotatable bonds is 3. The van der Waals surface area contributed by atoms with Crippen molar-refractivity contribution >= 4 is 0 Å². The van der Waals surface area contributed by atoms with Crippen LogP contribution in [0.1, 0.15) is 25.5 Å². The van der Waals surface area contributed by atoms with Gasteiger partial charge in [0.15, 0.2) is 11.5 Å². The van der Waals surface area contributed by atoms with Gasteiger partial charge in [-0.3, -0.25) is 0 Å². The van der Waals surface area contributed by atoms with E-state index in [0.29, 0.717) is 5.56 Å². The van der Waals surface area contributed by atoms with Crippen molar-refractivity contribution in [3.8, 4) is 11.5 Å². The monoisotopic (exact) mass is 259 g/mol. The Hall–Kier alpha value is -1.40. The van der Waals surface area contributed by atoms with E-state index in [0.717, 1.165) is 0 Å². The molecule has 0 spiro atoms. The van der Waals surface area contributed by atoms with Crippen LogP contribution < -0.4 is 15.2 Å². The van der Waals surface area contributed by atoms with Gasteiger partial charge in [0.05, 0.1) is 12.1 Å². The van der Waals surface area contributed by atoms with Crippen LogP contribution in [0, 0.1) is 5.92 Å². The largest absolute Gasteiger partial charge is 0.586 e. The Balaban J connectivity index is 2.23. The highest BCUT2D eigenvalue weighted by Gasteiger charge is 2.43. The van der Waals surface area contributed by atoms with Crippen LogP contribution in [-0.2, 0) is 0 Å². The van der Waals surface area contributed by atoms with Crippen molar-refractivity contribution in [3.63, 3.8) is 0 Å². The zero-order valence-corrected chi connectivity index (χ0v) is 10.1. The van der Waals surface area contributed by atoms with Gasteiger partial charge in [-0.15, -0.1) is 8.78 Å². The van der Waals surface area contributed by atoms with Gasteiger partial charge in [-0.05, 0) is 23.6 Å². The van der Waals surface area contributed by atoms with Crippen molar-refractivity contribution < 1.29 is 23.4 Å². The average molecular weight is 259 g/mol. The number of halogens is 2. The second-order valence-corrected chi connectivity index (χ2v) is 4.63.